The van der Waals surface area contributed by atoms with Gasteiger partial charge in [0, 0.05) is 5.69 Å². The molecule has 2 aromatic carbocycles. The number of carbonyl (C=O) groups is 2. The Hall–Kier alpha value is -3.06. The van der Waals surface area contributed by atoms with Crippen LogP contribution >= 0.6 is 0 Å². The Balaban J connectivity index is 1.85. The second-order valence-corrected chi connectivity index (χ2v) is 5.39. The molecule has 2 aromatic rings. The van der Waals surface area contributed by atoms with Crippen LogP contribution in [-0.4, -0.2) is 29.2 Å². The fourth-order valence-electron chi connectivity index (χ4n) is 3.02. The van der Waals surface area contributed by atoms with Gasteiger partial charge in [0.1, 0.15) is 0 Å². The van der Waals surface area contributed by atoms with Gasteiger partial charge in [-0.1, -0.05) is 36.4 Å². The first-order valence-corrected chi connectivity index (χ1v) is 7.16. The average molecular weight is 310 g/mol. The van der Waals surface area contributed by atoms with Gasteiger partial charge in [-0.2, -0.15) is 0 Å². The van der Waals surface area contributed by atoms with Crippen molar-refractivity contribution in [3.8, 4) is 0 Å². The molecule has 7 heteroatoms. The first-order chi connectivity index (χ1) is 11.1. The normalized spacial score (nSPS) is 26.0. The third-order valence-electron chi connectivity index (χ3n) is 3.99. The van der Waals surface area contributed by atoms with Crippen molar-refractivity contribution in [1.82, 2.24) is 10.6 Å². The lowest BCUT2D eigenvalue weighted by molar-refractivity contribution is 0.0316. The molecule has 2 unspecified atom stereocenters. The van der Waals surface area contributed by atoms with Crippen LogP contribution in [0.1, 0.15) is 0 Å². The zero-order valence-electron chi connectivity index (χ0n) is 12.0. The number of amides is 4. The van der Waals surface area contributed by atoms with Gasteiger partial charge < -0.3 is 10.4 Å². The lowest BCUT2D eigenvalue weighted by Crippen LogP contribution is -2.58. The molecule has 3 N–H and O–H groups in total. The van der Waals surface area contributed by atoms with Crippen molar-refractivity contribution in [2.75, 3.05) is 9.80 Å². The molecule has 116 valence electrons. The third-order valence-corrected chi connectivity index (χ3v) is 3.99. The summed E-state index contributed by atoms with van der Waals surface area (Å²) in [6.45, 7) is 0. The van der Waals surface area contributed by atoms with Crippen LogP contribution in [0.15, 0.2) is 60.7 Å². The summed E-state index contributed by atoms with van der Waals surface area (Å²) in [6, 6.07) is 16.7. The zero-order valence-corrected chi connectivity index (χ0v) is 12.0. The van der Waals surface area contributed by atoms with Gasteiger partial charge in [-0.25, -0.2) is 14.5 Å². The summed E-state index contributed by atoms with van der Waals surface area (Å²) in [5.74, 6) is -1.86. The van der Waals surface area contributed by atoms with E-state index in [-0.39, 0.29) is 0 Å². The molecule has 4 rings (SSSR count). The van der Waals surface area contributed by atoms with Crippen LogP contribution in [0.25, 0.3) is 0 Å². The molecule has 2 aliphatic heterocycles. The number of fused-ring (bicyclic) bond motifs is 1. The number of rotatable bonds is 2. The van der Waals surface area contributed by atoms with Crippen molar-refractivity contribution in [2.24, 2.45) is 0 Å². The van der Waals surface area contributed by atoms with Gasteiger partial charge >= 0.3 is 12.1 Å². The molecule has 0 spiro atoms. The number of hydrogen-bond donors (Lipinski definition) is 3. The number of urea groups is 2. The van der Waals surface area contributed by atoms with E-state index in [0.29, 0.717) is 11.4 Å². The highest BCUT2D eigenvalue weighted by atomic mass is 16.4. The van der Waals surface area contributed by atoms with Gasteiger partial charge in [0.15, 0.2) is 6.17 Å². The van der Waals surface area contributed by atoms with E-state index in [1.165, 1.54) is 9.80 Å². The predicted molar refractivity (Wildman–Crippen MR) is 83.6 cm³/mol. The molecule has 2 fully saturated rings. The second-order valence-electron chi connectivity index (χ2n) is 5.39. The summed E-state index contributed by atoms with van der Waals surface area (Å²) < 4.78 is 0. The lowest BCUT2D eigenvalue weighted by atomic mass is 10.2. The molecule has 2 heterocycles. The summed E-state index contributed by atoms with van der Waals surface area (Å²) in [7, 11) is 0. The second kappa shape index (κ2) is 4.72. The van der Waals surface area contributed by atoms with Crippen LogP contribution in [0.3, 0.4) is 0 Å². The number of aliphatic hydroxyl groups is 1. The SMILES string of the molecule is O=C1NC2N(c3ccccc3)C(=O)N(c3ccccc3)C2(O)N1. The van der Waals surface area contributed by atoms with Crippen molar-refractivity contribution in [3.63, 3.8) is 0 Å². The van der Waals surface area contributed by atoms with Crippen molar-refractivity contribution >= 4 is 23.4 Å². The molecular weight excluding hydrogens is 296 g/mol. The summed E-state index contributed by atoms with van der Waals surface area (Å²) in [5, 5.41) is 16.0. The van der Waals surface area contributed by atoms with E-state index in [0.717, 1.165) is 0 Å². The Bertz CT molecular complexity index is 767. The Morgan fingerprint density at radius 3 is 2.09 bits per heavy atom. The quantitative estimate of drug-likeness (QED) is 0.784. The van der Waals surface area contributed by atoms with Crippen molar-refractivity contribution < 1.29 is 14.7 Å². The van der Waals surface area contributed by atoms with E-state index in [4.69, 9.17) is 0 Å². The van der Waals surface area contributed by atoms with E-state index in [2.05, 4.69) is 10.6 Å². The van der Waals surface area contributed by atoms with Gasteiger partial charge in [0.2, 0.25) is 0 Å². The predicted octanol–water partition coefficient (Wildman–Crippen LogP) is 1.42. The van der Waals surface area contributed by atoms with E-state index in [9.17, 15) is 14.7 Å². The van der Waals surface area contributed by atoms with Gasteiger partial charge in [0.05, 0.1) is 5.69 Å². The molecule has 2 saturated heterocycles. The molecule has 0 aliphatic carbocycles. The van der Waals surface area contributed by atoms with Gasteiger partial charge in [-0.05, 0) is 24.3 Å². The molecule has 4 amide bonds. The Morgan fingerprint density at radius 1 is 0.913 bits per heavy atom. The molecule has 0 radical (unpaired) electrons. The maximum absolute atomic E-state index is 12.9. The summed E-state index contributed by atoms with van der Waals surface area (Å²) >= 11 is 0. The van der Waals surface area contributed by atoms with Crippen LogP contribution < -0.4 is 20.4 Å². The minimum atomic E-state index is -1.86. The summed E-state index contributed by atoms with van der Waals surface area (Å²) in [4.78, 5) is 27.3. The highest BCUT2D eigenvalue weighted by Crippen LogP contribution is 2.37. The summed E-state index contributed by atoms with van der Waals surface area (Å²) in [5.41, 5.74) is 1.08. The highest BCUT2D eigenvalue weighted by Gasteiger charge is 2.63. The smallest absolute Gasteiger partial charge is 0.334 e. The minimum absolute atomic E-state index is 0.428. The van der Waals surface area contributed by atoms with Crippen LogP contribution in [0, 0.1) is 0 Å². The lowest BCUT2D eigenvalue weighted by Gasteiger charge is -2.29. The molecule has 0 aromatic heterocycles. The Morgan fingerprint density at radius 2 is 1.48 bits per heavy atom. The largest absolute Gasteiger partial charge is 0.350 e. The van der Waals surface area contributed by atoms with Crippen LogP contribution in [0.2, 0.25) is 0 Å². The van der Waals surface area contributed by atoms with Crippen LogP contribution in [0.4, 0.5) is 21.0 Å². The third kappa shape index (κ3) is 1.87. The van der Waals surface area contributed by atoms with Crippen molar-refractivity contribution in [3.05, 3.63) is 60.7 Å². The van der Waals surface area contributed by atoms with Crippen LogP contribution in [0.5, 0.6) is 0 Å². The van der Waals surface area contributed by atoms with Gasteiger partial charge in [-0.3, -0.25) is 10.2 Å². The number of para-hydroxylation sites is 2. The fourth-order valence-corrected chi connectivity index (χ4v) is 3.02. The Kier molecular flexibility index (Phi) is 2.79. The van der Waals surface area contributed by atoms with Crippen LogP contribution in [-0.2, 0) is 0 Å². The van der Waals surface area contributed by atoms with Crippen molar-refractivity contribution in [1.29, 1.82) is 0 Å². The molecular formula is C16H14N4O3. The topological polar surface area (TPSA) is 84.9 Å². The van der Waals surface area contributed by atoms with E-state index >= 15 is 0 Å². The number of hydrogen-bond acceptors (Lipinski definition) is 3. The van der Waals surface area contributed by atoms with E-state index in [1.54, 1.807) is 48.5 Å². The standard InChI is InChI=1S/C16H14N4O3/c21-14-17-13-16(23,18-14)20(12-9-5-2-6-10-12)15(22)19(13)11-7-3-1-4-8-11/h1-10,13,23H,(H2,17,18,21). The molecule has 2 aliphatic rings. The molecule has 7 nitrogen and oxygen atoms in total. The first kappa shape index (κ1) is 13.6. The number of carbonyl (C=O) groups excluding carboxylic acids is 2. The Labute approximate surface area is 132 Å². The summed E-state index contributed by atoms with van der Waals surface area (Å²) in [6.07, 6.45) is -0.926. The highest BCUT2D eigenvalue weighted by molar-refractivity contribution is 6.10. The monoisotopic (exact) mass is 310 g/mol. The van der Waals surface area contributed by atoms with E-state index < -0.39 is 24.1 Å². The zero-order chi connectivity index (χ0) is 16.0. The average Bonchev–Trinajstić information content (AvgIpc) is 2.95. The minimum Gasteiger partial charge on any atom is -0.350 e. The maximum atomic E-state index is 12.9. The van der Waals surface area contributed by atoms with Gasteiger partial charge in [0.25, 0.3) is 5.85 Å². The molecule has 0 bridgehead atoms. The maximum Gasteiger partial charge on any atom is 0.334 e. The number of anilines is 2. The van der Waals surface area contributed by atoms with Crippen molar-refractivity contribution in [2.45, 2.75) is 12.0 Å². The molecule has 2 atom stereocenters. The number of nitrogens with one attached hydrogen (secondary N) is 2. The number of nitrogens with zero attached hydrogens (tertiary/aromatic N) is 2. The van der Waals surface area contributed by atoms with E-state index in [1.807, 2.05) is 12.1 Å². The molecule has 0 saturated carbocycles. The first-order valence-electron chi connectivity index (χ1n) is 7.16. The number of benzene rings is 2. The van der Waals surface area contributed by atoms with Gasteiger partial charge in [-0.15, -0.1) is 0 Å². The molecule has 23 heavy (non-hydrogen) atoms. The fraction of sp³-hybridized carbons (Fsp3) is 0.125.